The van der Waals surface area contributed by atoms with Crippen molar-refractivity contribution in [1.82, 2.24) is 0 Å². The molecule has 1 unspecified atom stereocenters. The van der Waals surface area contributed by atoms with Crippen molar-refractivity contribution in [2.45, 2.75) is 431 Å². The third-order valence-corrected chi connectivity index (χ3v) is 17.0. The van der Waals surface area contributed by atoms with Crippen LogP contribution in [0.25, 0.3) is 0 Å². The third kappa shape index (κ3) is 66.9. The summed E-state index contributed by atoms with van der Waals surface area (Å²) in [6.45, 7) is 6.72. The molecule has 474 valence electrons. The van der Waals surface area contributed by atoms with Gasteiger partial charge in [-0.25, -0.2) is 0 Å². The zero-order valence-electron chi connectivity index (χ0n) is 54.6. The summed E-state index contributed by atoms with van der Waals surface area (Å²) in [4.78, 5) is 38.4. The molecule has 0 amide bonds. The Bertz CT molecular complexity index is 1250. The van der Waals surface area contributed by atoms with Crippen LogP contribution in [-0.2, 0) is 28.6 Å². The molecule has 0 bridgehead atoms. The fourth-order valence-electron chi connectivity index (χ4n) is 11.5. The number of allylic oxidation sites excluding steroid dienone is 2. The van der Waals surface area contributed by atoms with Gasteiger partial charge in [0.05, 0.1) is 0 Å². The number of ether oxygens (including phenoxy) is 3. The maximum absolute atomic E-state index is 12.9. The normalized spacial score (nSPS) is 12.0. The molecule has 0 aliphatic heterocycles. The average molecular weight is 1130 g/mol. The van der Waals surface area contributed by atoms with Crippen LogP contribution in [0.15, 0.2) is 12.2 Å². The molecule has 0 heterocycles. The van der Waals surface area contributed by atoms with E-state index in [2.05, 4.69) is 32.9 Å². The van der Waals surface area contributed by atoms with Gasteiger partial charge in [-0.05, 0) is 44.9 Å². The monoisotopic (exact) mass is 1130 g/mol. The summed E-state index contributed by atoms with van der Waals surface area (Å²) >= 11 is 0. The maximum atomic E-state index is 12.9. The molecule has 6 heteroatoms. The van der Waals surface area contributed by atoms with Crippen LogP contribution in [0.2, 0.25) is 0 Å². The average Bonchev–Trinajstić information content (AvgIpc) is 3.46. The molecular formula is C74H142O6. The van der Waals surface area contributed by atoms with E-state index in [1.807, 2.05) is 0 Å². The molecule has 0 aromatic rings. The van der Waals surface area contributed by atoms with Crippen molar-refractivity contribution in [2.75, 3.05) is 13.2 Å². The van der Waals surface area contributed by atoms with Crippen molar-refractivity contribution in [2.24, 2.45) is 0 Å². The van der Waals surface area contributed by atoms with Crippen molar-refractivity contribution < 1.29 is 28.6 Å². The number of unbranched alkanes of at least 4 members (excludes halogenated alkanes) is 56. The summed E-state index contributed by atoms with van der Waals surface area (Å²) in [6.07, 6.45) is 84.1. The molecule has 0 aromatic heterocycles. The van der Waals surface area contributed by atoms with Gasteiger partial charge in [0.15, 0.2) is 6.10 Å². The highest BCUT2D eigenvalue weighted by Crippen LogP contribution is 2.19. The number of esters is 3. The van der Waals surface area contributed by atoms with E-state index in [0.717, 1.165) is 57.8 Å². The summed E-state index contributed by atoms with van der Waals surface area (Å²) in [6, 6.07) is 0. The van der Waals surface area contributed by atoms with Crippen LogP contribution in [0.4, 0.5) is 0 Å². The molecule has 0 saturated heterocycles. The van der Waals surface area contributed by atoms with Crippen LogP contribution in [0.5, 0.6) is 0 Å². The fraction of sp³-hybridized carbons (Fsp3) is 0.932. The Balaban J connectivity index is 4.08. The van der Waals surface area contributed by atoms with Crippen LogP contribution in [0, 0.1) is 0 Å². The van der Waals surface area contributed by atoms with Gasteiger partial charge in [0.25, 0.3) is 0 Å². The van der Waals surface area contributed by atoms with Gasteiger partial charge >= 0.3 is 17.9 Å². The molecule has 0 spiro atoms. The van der Waals surface area contributed by atoms with Crippen LogP contribution in [-0.4, -0.2) is 37.2 Å². The molecule has 80 heavy (non-hydrogen) atoms. The van der Waals surface area contributed by atoms with Crippen LogP contribution in [0.1, 0.15) is 425 Å². The lowest BCUT2D eigenvalue weighted by molar-refractivity contribution is -0.167. The first-order valence-corrected chi connectivity index (χ1v) is 36.7. The van der Waals surface area contributed by atoms with Gasteiger partial charge in [-0.1, -0.05) is 373 Å². The van der Waals surface area contributed by atoms with Crippen LogP contribution in [0.3, 0.4) is 0 Å². The van der Waals surface area contributed by atoms with E-state index in [9.17, 15) is 14.4 Å². The number of rotatable bonds is 69. The van der Waals surface area contributed by atoms with Gasteiger partial charge < -0.3 is 14.2 Å². The second-order valence-electron chi connectivity index (χ2n) is 25.2. The summed E-state index contributed by atoms with van der Waals surface area (Å²) in [5.74, 6) is -0.836. The van der Waals surface area contributed by atoms with Gasteiger partial charge in [-0.15, -0.1) is 0 Å². The lowest BCUT2D eigenvalue weighted by Gasteiger charge is -2.18. The van der Waals surface area contributed by atoms with Gasteiger partial charge in [-0.3, -0.25) is 14.4 Å². The largest absolute Gasteiger partial charge is 0.462 e. The summed E-state index contributed by atoms with van der Waals surface area (Å²) in [5, 5.41) is 0. The molecule has 6 nitrogen and oxygen atoms in total. The lowest BCUT2D eigenvalue weighted by Crippen LogP contribution is -2.30. The first-order chi connectivity index (χ1) is 39.5. The Morgan fingerprint density at radius 3 is 0.625 bits per heavy atom. The number of carbonyl (C=O) groups is 3. The van der Waals surface area contributed by atoms with E-state index in [-0.39, 0.29) is 31.1 Å². The topological polar surface area (TPSA) is 78.9 Å². The first-order valence-electron chi connectivity index (χ1n) is 36.7. The molecule has 0 aliphatic carbocycles. The molecule has 0 aliphatic rings. The van der Waals surface area contributed by atoms with Crippen molar-refractivity contribution in [3.05, 3.63) is 12.2 Å². The standard InChI is InChI=1S/C74H142O6/c1-4-7-10-13-16-19-22-25-27-29-31-32-33-34-35-36-37-38-39-40-41-42-43-44-46-47-49-52-55-58-61-64-67-73(76)79-70-71(69-78-72(75)66-63-60-57-54-51-24-21-18-15-12-9-6-3)80-74(77)68-65-62-59-56-53-50-48-45-30-28-26-23-20-17-14-11-8-5-2/h28,30,71H,4-27,29,31-70H2,1-3H3/b30-28-. The van der Waals surface area contributed by atoms with E-state index in [1.165, 1.54) is 327 Å². The van der Waals surface area contributed by atoms with E-state index in [0.29, 0.717) is 19.3 Å². The second-order valence-corrected chi connectivity index (χ2v) is 25.2. The van der Waals surface area contributed by atoms with Crippen LogP contribution < -0.4 is 0 Å². The van der Waals surface area contributed by atoms with Gasteiger partial charge in [0, 0.05) is 19.3 Å². The van der Waals surface area contributed by atoms with E-state index >= 15 is 0 Å². The van der Waals surface area contributed by atoms with E-state index in [1.54, 1.807) is 0 Å². The predicted molar refractivity (Wildman–Crippen MR) is 349 cm³/mol. The van der Waals surface area contributed by atoms with Crippen LogP contribution >= 0.6 is 0 Å². The SMILES string of the molecule is CCCCCCCCC/C=C\CCCCCCCCCC(=O)OC(COC(=O)CCCCCCCCCCCCCC)COC(=O)CCCCCCCCCCCCCCCCCCCCCCCCCCCCCCCCCC. The smallest absolute Gasteiger partial charge is 0.306 e. The predicted octanol–water partition coefficient (Wildman–Crippen LogP) is 25.2. The summed E-state index contributed by atoms with van der Waals surface area (Å²) in [5.41, 5.74) is 0. The first kappa shape index (κ1) is 78.1. The highest BCUT2D eigenvalue weighted by Gasteiger charge is 2.20. The lowest BCUT2D eigenvalue weighted by atomic mass is 10.0. The molecule has 1 atom stereocenters. The van der Waals surface area contributed by atoms with Crippen molar-refractivity contribution >= 4 is 17.9 Å². The Hall–Kier alpha value is -1.85. The van der Waals surface area contributed by atoms with Crippen molar-refractivity contribution in [1.29, 1.82) is 0 Å². The molecule has 0 rings (SSSR count). The Kier molecular flexibility index (Phi) is 68.0. The van der Waals surface area contributed by atoms with E-state index in [4.69, 9.17) is 14.2 Å². The van der Waals surface area contributed by atoms with Gasteiger partial charge in [0.2, 0.25) is 0 Å². The highest BCUT2D eigenvalue weighted by atomic mass is 16.6. The van der Waals surface area contributed by atoms with Crippen molar-refractivity contribution in [3.63, 3.8) is 0 Å². The zero-order chi connectivity index (χ0) is 57.8. The molecule has 0 aromatic carbocycles. The fourth-order valence-corrected chi connectivity index (χ4v) is 11.5. The Morgan fingerprint density at radius 1 is 0.237 bits per heavy atom. The minimum atomic E-state index is -0.768. The number of hydrogen-bond acceptors (Lipinski definition) is 6. The second kappa shape index (κ2) is 69.6. The summed E-state index contributed by atoms with van der Waals surface area (Å²) < 4.78 is 17.0. The zero-order valence-corrected chi connectivity index (χ0v) is 54.6. The van der Waals surface area contributed by atoms with E-state index < -0.39 is 6.10 Å². The Morgan fingerprint density at radius 2 is 0.412 bits per heavy atom. The molecule has 0 radical (unpaired) electrons. The quantitative estimate of drug-likeness (QED) is 0.0261. The highest BCUT2D eigenvalue weighted by molar-refractivity contribution is 5.71. The minimum Gasteiger partial charge on any atom is -0.462 e. The number of hydrogen-bond donors (Lipinski definition) is 0. The summed E-state index contributed by atoms with van der Waals surface area (Å²) in [7, 11) is 0. The molecule has 0 N–H and O–H groups in total. The van der Waals surface area contributed by atoms with Gasteiger partial charge in [-0.2, -0.15) is 0 Å². The number of carbonyl (C=O) groups excluding carboxylic acids is 3. The minimum absolute atomic E-state index is 0.0651. The third-order valence-electron chi connectivity index (χ3n) is 17.0. The maximum Gasteiger partial charge on any atom is 0.306 e. The van der Waals surface area contributed by atoms with Crippen molar-refractivity contribution in [3.8, 4) is 0 Å². The molecule has 0 fully saturated rings. The molecular weight excluding hydrogens is 985 g/mol. The Labute approximate surface area is 501 Å². The van der Waals surface area contributed by atoms with Gasteiger partial charge in [0.1, 0.15) is 13.2 Å². The molecule has 0 saturated carbocycles.